The summed E-state index contributed by atoms with van der Waals surface area (Å²) in [6.45, 7) is 9.01. The molecule has 2 aromatic carbocycles. The van der Waals surface area contributed by atoms with E-state index in [0.717, 1.165) is 42.5 Å². The van der Waals surface area contributed by atoms with Crippen LogP contribution in [0.1, 0.15) is 63.1 Å². The Bertz CT molecular complexity index is 1230. The molecule has 0 spiro atoms. The van der Waals surface area contributed by atoms with Gasteiger partial charge in [-0.25, -0.2) is 4.98 Å². The molecule has 3 aromatic rings. The summed E-state index contributed by atoms with van der Waals surface area (Å²) in [6, 6.07) is 11.5. The number of carbonyl (C=O) groups is 2. The number of nitrogens with one attached hydrogen (secondary N) is 1. The number of nitrogens with zero attached hydrogens (tertiary/aromatic N) is 3. The van der Waals surface area contributed by atoms with Gasteiger partial charge in [-0.2, -0.15) is 0 Å². The van der Waals surface area contributed by atoms with E-state index >= 15 is 0 Å². The first-order valence-corrected chi connectivity index (χ1v) is 13.5. The number of aromatic nitrogens is 2. The Kier molecular flexibility index (Phi) is 10.6. The van der Waals surface area contributed by atoms with Crippen LogP contribution >= 0.6 is 0 Å². The van der Waals surface area contributed by atoms with Gasteiger partial charge in [0.2, 0.25) is 11.7 Å². The first-order valence-electron chi connectivity index (χ1n) is 13.5. The van der Waals surface area contributed by atoms with Crippen molar-refractivity contribution in [2.24, 2.45) is 0 Å². The third-order valence-corrected chi connectivity index (χ3v) is 6.72. The van der Waals surface area contributed by atoms with Crippen molar-refractivity contribution in [1.82, 2.24) is 19.8 Å². The van der Waals surface area contributed by atoms with Crippen LogP contribution in [0.4, 0.5) is 0 Å². The van der Waals surface area contributed by atoms with Crippen LogP contribution < -0.4 is 19.5 Å². The van der Waals surface area contributed by atoms with Gasteiger partial charge in [0.05, 0.1) is 32.4 Å². The number of unbranched alkanes of at least 4 members (excludes halogenated alkanes) is 2. The molecule has 0 radical (unpaired) electrons. The highest BCUT2D eigenvalue weighted by molar-refractivity contribution is 5.95. The van der Waals surface area contributed by atoms with E-state index in [1.54, 1.807) is 12.1 Å². The van der Waals surface area contributed by atoms with Crippen molar-refractivity contribution in [2.45, 2.75) is 72.0 Å². The van der Waals surface area contributed by atoms with Gasteiger partial charge in [-0.1, -0.05) is 18.6 Å². The van der Waals surface area contributed by atoms with Crippen LogP contribution in [0.2, 0.25) is 0 Å². The minimum absolute atomic E-state index is 0.0962. The molecule has 3 rings (SSSR count). The molecule has 9 nitrogen and oxygen atoms in total. The molecule has 0 aliphatic rings. The van der Waals surface area contributed by atoms with Crippen molar-refractivity contribution < 1.29 is 23.8 Å². The number of ether oxygens (including phenoxy) is 3. The number of methoxy groups -OCH3 is 3. The van der Waals surface area contributed by atoms with Gasteiger partial charge < -0.3 is 29.0 Å². The van der Waals surface area contributed by atoms with Crippen LogP contribution in [-0.2, 0) is 17.8 Å². The lowest BCUT2D eigenvalue weighted by Gasteiger charge is -2.31. The standard InChI is InChI=1S/C30H42N4O5/c1-20(2)34(21(3)4)28(35)19-33-24-14-11-10-13-23(24)32-27(33)15-9-8-12-16-31-30(36)22-17-25(37-5)29(39-7)26(18-22)38-6/h10-11,13-14,17-18,20-21H,8-9,12,15-16,19H2,1-7H3,(H,31,36). The monoisotopic (exact) mass is 538 g/mol. The van der Waals surface area contributed by atoms with Gasteiger partial charge in [-0.15, -0.1) is 0 Å². The molecule has 39 heavy (non-hydrogen) atoms. The maximum Gasteiger partial charge on any atom is 0.251 e. The van der Waals surface area contributed by atoms with E-state index in [1.807, 2.05) is 56.9 Å². The van der Waals surface area contributed by atoms with Gasteiger partial charge >= 0.3 is 0 Å². The molecular weight excluding hydrogens is 496 g/mol. The van der Waals surface area contributed by atoms with Gasteiger partial charge in [0.1, 0.15) is 12.4 Å². The number of aryl methyl sites for hydroxylation is 1. The molecule has 0 unspecified atom stereocenters. The molecule has 0 saturated heterocycles. The largest absolute Gasteiger partial charge is 0.493 e. The normalized spacial score (nSPS) is 11.2. The van der Waals surface area contributed by atoms with E-state index in [0.29, 0.717) is 29.4 Å². The van der Waals surface area contributed by atoms with Gasteiger partial charge in [0.15, 0.2) is 11.5 Å². The molecule has 0 atom stereocenters. The highest BCUT2D eigenvalue weighted by Crippen LogP contribution is 2.38. The smallest absolute Gasteiger partial charge is 0.251 e. The summed E-state index contributed by atoms with van der Waals surface area (Å²) in [5.41, 5.74) is 2.32. The molecule has 0 aliphatic heterocycles. The minimum atomic E-state index is -0.200. The third-order valence-electron chi connectivity index (χ3n) is 6.72. The van der Waals surface area contributed by atoms with Crippen molar-refractivity contribution in [2.75, 3.05) is 27.9 Å². The molecule has 0 bridgehead atoms. The van der Waals surface area contributed by atoms with E-state index in [4.69, 9.17) is 19.2 Å². The SMILES string of the molecule is COc1cc(C(=O)NCCCCCc2nc3ccccc3n2CC(=O)N(C(C)C)C(C)C)cc(OC)c1OC. The number of hydrogen-bond acceptors (Lipinski definition) is 6. The Labute approximate surface area is 231 Å². The lowest BCUT2D eigenvalue weighted by molar-refractivity contribution is -0.135. The van der Waals surface area contributed by atoms with Crippen molar-refractivity contribution >= 4 is 22.8 Å². The highest BCUT2D eigenvalue weighted by Gasteiger charge is 2.22. The van der Waals surface area contributed by atoms with Crippen LogP contribution in [0.15, 0.2) is 36.4 Å². The number of rotatable bonds is 14. The van der Waals surface area contributed by atoms with Gasteiger partial charge in [0.25, 0.3) is 5.91 Å². The topological polar surface area (TPSA) is 94.9 Å². The second-order valence-electron chi connectivity index (χ2n) is 10.1. The number of carbonyl (C=O) groups excluding carboxylic acids is 2. The molecule has 2 amide bonds. The zero-order chi connectivity index (χ0) is 28.5. The summed E-state index contributed by atoms with van der Waals surface area (Å²) in [6.07, 6.45) is 3.39. The quantitative estimate of drug-likeness (QED) is 0.295. The molecule has 1 heterocycles. The fourth-order valence-electron chi connectivity index (χ4n) is 4.98. The summed E-state index contributed by atoms with van der Waals surface area (Å²) in [5.74, 6) is 2.14. The maximum absolute atomic E-state index is 13.2. The van der Waals surface area contributed by atoms with E-state index in [2.05, 4.69) is 9.88 Å². The predicted molar refractivity (Wildman–Crippen MR) is 153 cm³/mol. The van der Waals surface area contributed by atoms with Crippen molar-refractivity contribution in [1.29, 1.82) is 0 Å². The van der Waals surface area contributed by atoms with Crippen LogP contribution in [-0.4, -0.2) is 66.2 Å². The Morgan fingerprint density at radius 1 is 0.923 bits per heavy atom. The summed E-state index contributed by atoms with van der Waals surface area (Å²) in [7, 11) is 4.57. The fraction of sp³-hybridized carbons (Fsp3) is 0.500. The average Bonchev–Trinajstić information content (AvgIpc) is 3.25. The molecule has 0 saturated carbocycles. The number of imidazole rings is 1. The number of amides is 2. The zero-order valence-corrected chi connectivity index (χ0v) is 24.2. The van der Waals surface area contributed by atoms with E-state index in [1.165, 1.54) is 21.3 Å². The maximum atomic E-state index is 13.2. The second-order valence-corrected chi connectivity index (χ2v) is 10.1. The summed E-state index contributed by atoms with van der Waals surface area (Å²) in [5, 5.41) is 2.97. The van der Waals surface area contributed by atoms with Crippen molar-refractivity contribution in [3.8, 4) is 17.2 Å². The number of hydrogen-bond donors (Lipinski definition) is 1. The molecular formula is C30H42N4O5. The van der Waals surface area contributed by atoms with Crippen LogP contribution in [0.25, 0.3) is 11.0 Å². The van der Waals surface area contributed by atoms with Gasteiger partial charge in [-0.05, 0) is 64.8 Å². The fourth-order valence-corrected chi connectivity index (χ4v) is 4.98. The number of para-hydroxylation sites is 2. The lowest BCUT2D eigenvalue weighted by atomic mass is 10.1. The van der Waals surface area contributed by atoms with Crippen LogP contribution in [0, 0.1) is 0 Å². The van der Waals surface area contributed by atoms with Crippen LogP contribution in [0.5, 0.6) is 17.2 Å². The Morgan fingerprint density at radius 3 is 2.15 bits per heavy atom. The molecule has 0 fully saturated rings. The lowest BCUT2D eigenvalue weighted by Crippen LogP contribution is -2.43. The summed E-state index contributed by atoms with van der Waals surface area (Å²) >= 11 is 0. The molecule has 0 aliphatic carbocycles. The van der Waals surface area contributed by atoms with E-state index < -0.39 is 0 Å². The molecule has 1 N–H and O–H groups in total. The Balaban J connectivity index is 1.58. The second kappa shape index (κ2) is 13.9. The van der Waals surface area contributed by atoms with Crippen molar-refractivity contribution in [3.63, 3.8) is 0 Å². The van der Waals surface area contributed by atoms with Gasteiger partial charge in [0, 0.05) is 30.6 Å². The number of fused-ring (bicyclic) bond motifs is 1. The average molecular weight is 539 g/mol. The number of benzene rings is 2. The molecule has 212 valence electrons. The summed E-state index contributed by atoms with van der Waals surface area (Å²) < 4.78 is 18.1. The first kappa shape index (κ1) is 29.8. The van der Waals surface area contributed by atoms with Crippen LogP contribution in [0.3, 0.4) is 0 Å². The van der Waals surface area contributed by atoms with E-state index in [9.17, 15) is 9.59 Å². The highest BCUT2D eigenvalue weighted by atomic mass is 16.5. The summed E-state index contributed by atoms with van der Waals surface area (Å²) in [4.78, 5) is 32.7. The Hall–Kier alpha value is -3.75. The minimum Gasteiger partial charge on any atom is -0.493 e. The Morgan fingerprint density at radius 2 is 1.56 bits per heavy atom. The predicted octanol–water partition coefficient (Wildman–Crippen LogP) is 4.85. The third kappa shape index (κ3) is 7.22. The zero-order valence-electron chi connectivity index (χ0n) is 24.2. The molecule has 1 aromatic heterocycles. The van der Waals surface area contributed by atoms with Gasteiger partial charge in [-0.3, -0.25) is 9.59 Å². The van der Waals surface area contributed by atoms with Crippen molar-refractivity contribution in [3.05, 3.63) is 47.8 Å². The molecule has 9 heteroatoms. The van der Waals surface area contributed by atoms with E-state index in [-0.39, 0.29) is 30.4 Å². The first-order chi connectivity index (χ1) is 18.7.